The normalized spacial score (nSPS) is 19.5. The molecule has 31 heavy (non-hydrogen) atoms. The molecule has 0 unspecified atom stereocenters. The van der Waals surface area contributed by atoms with Crippen molar-refractivity contribution in [3.05, 3.63) is 66.0 Å². The summed E-state index contributed by atoms with van der Waals surface area (Å²) < 4.78 is 56.1. The number of ether oxygens (including phenoxy) is 1. The minimum absolute atomic E-state index is 0.323. The number of benzene rings is 3. The van der Waals surface area contributed by atoms with Crippen LogP contribution in [-0.4, -0.2) is 6.36 Å². The predicted molar refractivity (Wildman–Crippen MR) is 116 cm³/mol. The summed E-state index contributed by atoms with van der Waals surface area (Å²) in [5.41, 5.74) is 2.13. The molecule has 0 aliphatic heterocycles. The van der Waals surface area contributed by atoms with E-state index in [-0.39, 0.29) is 11.6 Å². The topological polar surface area (TPSA) is 9.23 Å². The van der Waals surface area contributed by atoms with Crippen molar-refractivity contribution in [1.29, 1.82) is 0 Å². The zero-order chi connectivity index (χ0) is 22.0. The van der Waals surface area contributed by atoms with Gasteiger partial charge >= 0.3 is 6.36 Å². The van der Waals surface area contributed by atoms with Crippen LogP contribution in [0.2, 0.25) is 0 Å². The molecule has 4 rings (SSSR count). The van der Waals surface area contributed by atoms with E-state index in [0.717, 1.165) is 11.3 Å². The Bertz CT molecular complexity index is 1030. The number of fused-ring (bicyclic) bond motifs is 1. The highest BCUT2D eigenvalue weighted by atomic mass is 19.4. The molecular formula is C26H26F4O. The fourth-order valence-electron chi connectivity index (χ4n) is 4.82. The summed E-state index contributed by atoms with van der Waals surface area (Å²) in [5, 5.41) is 1.38. The molecule has 1 fully saturated rings. The summed E-state index contributed by atoms with van der Waals surface area (Å²) in [6.07, 6.45) is 2.69. The van der Waals surface area contributed by atoms with Gasteiger partial charge in [0.2, 0.25) is 0 Å². The van der Waals surface area contributed by atoms with Crippen molar-refractivity contribution in [3.8, 4) is 16.9 Å². The molecule has 0 radical (unpaired) electrons. The predicted octanol–water partition coefficient (Wildman–Crippen LogP) is 8.62. The Morgan fingerprint density at radius 1 is 0.903 bits per heavy atom. The van der Waals surface area contributed by atoms with Gasteiger partial charge in [0.15, 0.2) is 0 Å². The van der Waals surface area contributed by atoms with Crippen molar-refractivity contribution in [2.45, 2.75) is 57.7 Å². The standard InChI is InChI=1S/C26H26F4O/c1-2-3-17-4-6-18(7-5-17)20-10-14-24-21(16-20)11-15-23(25(24)27)19-8-12-22(13-9-19)31-26(28,29)30/h8-18H,2-7H2,1H3. The van der Waals surface area contributed by atoms with Crippen LogP contribution in [0.15, 0.2) is 54.6 Å². The highest BCUT2D eigenvalue weighted by Gasteiger charge is 2.31. The zero-order valence-electron chi connectivity index (χ0n) is 17.5. The van der Waals surface area contributed by atoms with Crippen LogP contribution in [-0.2, 0) is 0 Å². The van der Waals surface area contributed by atoms with Gasteiger partial charge in [0.1, 0.15) is 11.6 Å². The van der Waals surface area contributed by atoms with Crippen molar-refractivity contribution in [2.75, 3.05) is 0 Å². The third-order valence-corrected chi connectivity index (χ3v) is 6.39. The molecule has 3 aromatic rings. The molecule has 0 amide bonds. The maximum atomic E-state index is 15.2. The van der Waals surface area contributed by atoms with Crippen LogP contribution < -0.4 is 4.74 Å². The van der Waals surface area contributed by atoms with Crippen molar-refractivity contribution >= 4 is 10.8 Å². The van der Waals surface area contributed by atoms with Crippen LogP contribution >= 0.6 is 0 Å². The SMILES string of the molecule is CCCC1CCC(c2ccc3c(F)c(-c4ccc(OC(F)(F)F)cc4)ccc3c2)CC1. The average molecular weight is 430 g/mol. The van der Waals surface area contributed by atoms with Gasteiger partial charge in [-0.05, 0) is 66.2 Å². The minimum atomic E-state index is -4.75. The summed E-state index contributed by atoms with van der Waals surface area (Å²) in [5.74, 6) is 0.687. The third kappa shape index (κ3) is 5.03. The summed E-state index contributed by atoms with van der Waals surface area (Å²) >= 11 is 0. The van der Waals surface area contributed by atoms with E-state index >= 15 is 4.39 Å². The Kier molecular flexibility index (Phi) is 6.22. The summed E-state index contributed by atoms with van der Waals surface area (Å²) in [4.78, 5) is 0. The van der Waals surface area contributed by atoms with E-state index in [0.29, 0.717) is 22.4 Å². The molecular weight excluding hydrogens is 404 g/mol. The van der Waals surface area contributed by atoms with E-state index in [1.807, 2.05) is 18.2 Å². The number of alkyl halides is 3. The molecule has 1 nitrogen and oxygen atoms in total. The molecule has 0 spiro atoms. The Hall–Kier alpha value is -2.56. The first-order valence-corrected chi connectivity index (χ1v) is 10.9. The van der Waals surface area contributed by atoms with Gasteiger partial charge in [0.25, 0.3) is 0 Å². The van der Waals surface area contributed by atoms with Crippen LogP contribution in [0.3, 0.4) is 0 Å². The molecule has 0 aromatic heterocycles. The highest BCUT2D eigenvalue weighted by Crippen LogP contribution is 2.39. The van der Waals surface area contributed by atoms with E-state index in [2.05, 4.69) is 17.7 Å². The smallest absolute Gasteiger partial charge is 0.406 e. The number of rotatable bonds is 5. The molecule has 3 aromatic carbocycles. The molecule has 0 N–H and O–H groups in total. The molecule has 164 valence electrons. The minimum Gasteiger partial charge on any atom is -0.406 e. The second-order valence-corrected chi connectivity index (χ2v) is 8.49. The quantitative estimate of drug-likeness (QED) is 0.368. The zero-order valence-corrected chi connectivity index (χ0v) is 17.5. The molecule has 0 saturated heterocycles. The molecule has 0 heterocycles. The van der Waals surface area contributed by atoms with Crippen LogP contribution in [0.5, 0.6) is 5.75 Å². The Balaban J connectivity index is 1.55. The average Bonchev–Trinajstić information content (AvgIpc) is 2.74. The number of hydrogen-bond donors (Lipinski definition) is 0. The molecule has 1 aliphatic carbocycles. The monoisotopic (exact) mass is 430 g/mol. The molecule has 0 bridgehead atoms. The largest absolute Gasteiger partial charge is 0.573 e. The van der Waals surface area contributed by atoms with Crippen molar-refractivity contribution < 1.29 is 22.3 Å². The second-order valence-electron chi connectivity index (χ2n) is 8.49. The lowest BCUT2D eigenvalue weighted by molar-refractivity contribution is -0.274. The van der Waals surface area contributed by atoms with E-state index in [1.165, 1.54) is 68.4 Å². The molecule has 0 atom stereocenters. The van der Waals surface area contributed by atoms with Crippen molar-refractivity contribution in [1.82, 2.24) is 0 Å². The van der Waals surface area contributed by atoms with Crippen molar-refractivity contribution in [2.24, 2.45) is 5.92 Å². The Labute approximate surface area is 180 Å². The molecule has 5 heteroatoms. The first kappa shape index (κ1) is 21.7. The molecule has 1 saturated carbocycles. The maximum absolute atomic E-state index is 15.2. The lowest BCUT2D eigenvalue weighted by Gasteiger charge is -2.28. The van der Waals surface area contributed by atoms with E-state index in [9.17, 15) is 13.2 Å². The fourth-order valence-corrected chi connectivity index (χ4v) is 4.82. The fraction of sp³-hybridized carbons (Fsp3) is 0.385. The summed E-state index contributed by atoms with van der Waals surface area (Å²) in [7, 11) is 0. The summed E-state index contributed by atoms with van der Waals surface area (Å²) in [6.45, 7) is 2.24. The highest BCUT2D eigenvalue weighted by molar-refractivity contribution is 5.89. The first-order valence-electron chi connectivity index (χ1n) is 10.9. The maximum Gasteiger partial charge on any atom is 0.573 e. The van der Waals surface area contributed by atoms with E-state index < -0.39 is 6.36 Å². The lowest BCUT2D eigenvalue weighted by atomic mass is 9.77. The number of halogens is 4. The van der Waals surface area contributed by atoms with Gasteiger partial charge in [-0.15, -0.1) is 13.2 Å². The van der Waals surface area contributed by atoms with Crippen LogP contribution in [0.4, 0.5) is 17.6 Å². The first-order chi connectivity index (χ1) is 14.8. The van der Waals surface area contributed by atoms with Crippen LogP contribution in [0.25, 0.3) is 21.9 Å². The van der Waals surface area contributed by atoms with Gasteiger partial charge in [0, 0.05) is 10.9 Å². The van der Waals surface area contributed by atoms with Gasteiger partial charge < -0.3 is 4.74 Å². The Morgan fingerprint density at radius 2 is 1.61 bits per heavy atom. The van der Waals surface area contributed by atoms with E-state index in [1.54, 1.807) is 6.07 Å². The van der Waals surface area contributed by atoms with Gasteiger partial charge in [-0.2, -0.15) is 0 Å². The van der Waals surface area contributed by atoms with Crippen molar-refractivity contribution in [3.63, 3.8) is 0 Å². The number of hydrogen-bond acceptors (Lipinski definition) is 1. The van der Waals surface area contributed by atoms with Crippen LogP contribution in [0, 0.1) is 11.7 Å². The molecule has 1 aliphatic rings. The Morgan fingerprint density at radius 3 is 2.26 bits per heavy atom. The lowest BCUT2D eigenvalue weighted by Crippen LogP contribution is -2.16. The van der Waals surface area contributed by atoms with Crippen LogP contribution in [0.1, 0.15) is 56.9 Å². The van der Waals surface area contributed by atoms with Gasteiger partial charge in [-0.3, -0.25) is 0 Å². The van der Waals surface area contributed by atoms with E-state index in [4.69, 9.17) is 0 Å². The summed E-state index contributed by atoms with van der Waals surface area (Å²) in [6, 6.07) is 14.8. The van der Waals surface area contributed by atoms with Gasteiger partial charge in [-0.1, -0.05) is 62.2 Å². The van der Waals surface area contributed by atoms with Gasteiger partial charge in [-0.25, -0.2) is 4.39 Å². The third-order valence-electron chi connectivity index (χ3n) is 6.39. The van der Waals surface area contributed by atoms with Gasteiger partial charge in [0.05, 0.1) is 0 Å². The second kappa shape index (κ2) is 8.89.